The lowest BCUT2D eigenvalue weighted by Gasteiger charge is -2.42. The third-order valence-corrected chi connectivity index (χ3v) is 5.10. The van der Waals surface area contributed by atoms with E-state index in [4.69, 9.17) is 0 Å². The van der Waals surface area contributed by atoms with E-state index in [1.165, 1.54) is 64.7 Å². The summed E-state index contributed by atoms with van der Waals surface area (Å²) in [5.74, 6) is 0. The van der Waals surface area contributed by atoms with Gasteiger partial charge in [-0.2, -0.15) is 0 Å². The summed E-state index contributed by atoms with van der Waals surface area (Å²) in [5, 5.41) is 0. The van der Waals surface area contributed by atoms with E-state index in [0.29, 0.717) is 5.41 Å². The van der Waals surface area contributed by atoms with Gasteiger partial charge in [-0.3, -0.25) is 0 Å². The van der Waals surface area contributed by atoms with Crippen molar-refractivity contribution in [3.8, 4) is 0 Å². The smallest absolute Gasteiger partial charge is 0.00925 e. The molecule has 17 heavy (non-hydrogen) atoms. The first-order valence-electron chi connectivity index (χ1n) is 7.62. The molecule has 2 rings (SSSR count). The van der Waals surface area contributed by atoms with Crippen LogP contribution in [0.5, 0.6) is 0 Å². The Hall–Kier alpha value is -0.0800. The summed E-state index contributed by atoms with van der Waals surface area (Å²) >= 11 is 0. The molecule has 100 valence electrons. The largest absolute Gasteiger partial charge is 0.306 e. The van der Waals surface area contributed by atoms with Gasteiger partial charge in [0.2, 0.25) is 0 Å². The highest BCUT2D eigenvalue weighted by molar-refractivity contribution is 4.93. The zero-order valence-corrected chi connectivity index (χ0v) is 12.0. The van der Waals surface area contributed by atoms with E-state index in [-0.39, 0.29) is 0 Å². The quantitative estimate of drug-likeness (QED) is 0.743. The highest BCUT2D eigenvalue weighted by atomic mass is 15.2. The Kier molecular flexibility index (Phi) is 4.48. The molecule has 0 amide bonds. The Morgan fingerprint density at radius 1 is 1.06 bits per heavy atom. The van der Waals surface area contributed by atoms with Crippen LogP contribution in [0, 0.1) is 5.41 Å². The number of piperidine rings is 1. The van der Waals surface area contributed by atoms with Crippen molar-refractivity contribution in [2.75, 3.05) is 33.2 Å². The fraction of sp³-hybridized carbons (Fsp3) is 1.00. The van der Waals surface area contributed by atoms with Crippen LogP contribution in [-0.4, -0.2) is 49.1 Å². The fourth-order valence-corrected chi connectivity index (χ4v) is 3.91. The summed E-state index contributed by atoms with van der Waals surface area (Å²) in [6.07, 6.45) is 8.39. The van der Waals surface area contributed by atoms with Crippen LogP contribution in [0.3, 0.4) is 0 Å². The second kappa shape index (κ2) is 5.71. The van der Waals surface area contributed by atoms with Crippen LogP contribution in [0.25, 0.3) is 0 Å². The van der Waals surface area contributed by atoms with Crippen molar-refractivity contribution in [2.24, 2.45) is 5.41 Å². The average Bonchev–Trinajstić information content (AvgIpc) is 2.69. The minimum Gasteiger partial charge on any atom is -0.306 e. The van der Waals surface area contributed by atoms with E-state index in [9.17, 15) is 0 Å². The van der Waals surface area contributed by atoms with Crippen LogP contribution in [0.4, 0.5) is 0 Å². The van der Waals surface area contributed by atoms with Gasteiger partial charge in [-0.25, -0.2) is 0 Å². The van der Waals surface area contributed by atoms with Crippen molar-refractivity contribution in [2.45, 2.75) is 58.4 Å². The second-order valence-corrected chi connectivity index (χ2v) is 6.37. The first-order chi connectivity index (χ1) is 8.19. The average molecular weight is 238 g/mol. The molecule has 0 bridgehead atoms. The molecule has 0 saturated carbocycles. The van der Waals surface area contributed by atoms with Crippen molar-refractivity contribution in [1.29, 1.82) is 0 Å². The molecule has 1 spiro atoms. The number of rotatable bonds is 4. The topological polar surface area (TPSA) is 6.48 Å². The lowest BCUT2D eigenvalue weighted by atomic mass is 9.77. The molecular formula is C15H30N2. The van der Waals surface area contributed by atoms with Gasteiger partial charge >= 0.3 is 0 Å². The summed E-state index contributed by atoms with van der Waals surface area (Å²) in [7, 11) is 2.28. The van der Waals surface area contributed by atoms with Crippen LogP contribution in [-0.2, 0) is 0 Å². The molecule has 2 heteroatoms. The van der Waals surface area contributed by atoms with Gasteiger partial charge in [0, 0.05) is 12.6 Å². The molecule has 0 N–H and O–H groups in total. The van der Waals surface area contributed by atoms with E-state index in [2.05, 4.69) is 30.7 Å². The van der Waals surface area contributed by atoms with Gasteiger partial charge < -0.3 is 9.80 Å². The van der Waals surface area contributed by atoms with Gasteiger partial charge in [-0.15, -0.1) is 0 Å². The molecule has 2 heterocycles. The van der Waals surface area contributed by atoms with Crippen LogP contribution in [0.15, 0.2) is 0 Å². The summed E-state index contributed by atoms with van der Waals surface area (Å²) in [5.41, 5.74) is 0.690. The lowest BCUT2D eigenvalue weighted by molar-refractivity contribution is 0.0727. The van der Waals surface area contributed by atoms with Gasteiger partial charge in [-0.05, 0) is 64.2 Å². The lowest BCUT2D eigenvalue weighted by Crippen LogP contribution is -2.45. The van der Waals surface area contributed by atoms with Crippen molar-refractivity contribution >= 4 is 0 Å². The Morgan fingerprint density at radius 3 is 2.18 bits per heavy atom. The Balaban J connectivity index is 1.85. The predicted molar refractivity (Wildman–Crippen MR) is 74.3 cm³/mol. The molecule has 2 aliphatic heterocycles. The molecule has 0 unspecified atom stereocenters. The van der Waals surface area contributed by atoms with Crippen LogP contribution >= 0.6 is 0 Å². The summed E-state index contributed by atoms with van der Waals surface area (Å²) in [6, 6.07) is 0.858. The molecule has 0 radical (unpaired) electrons. The van der Waals surface area contributed by atoms with Gasteiger partial charge in [0.15, 0.2) is 0 Å². The second-order valence-electron chi connectivity index (χ2n) is 6.37. The first-order valence-corrected chi connectivity index (χ1v) is 7.62. The first kappa shape index (κ1) is 13.4. The molecule has 0 aromatic rings. The minimum atomic E-state index is 0.690. The van der Waals surface area contributed by atoms with Gasteiger partial charge in [-0.1, -0.05) is 20.3 Å². The summed E-state index contributed by atoms with van der Waals surface area (Å²) in [6.45, 7) is 10.1. The van der Waals surface area contributed by atoms with Crippen molar-refractivity contribution in [3.63, 3.8) is 0 Å². The van der Waals surface area contributed by atoms with Gasteiger partial charge in [0.1, 0.15) is 0 Å². The van der Waals surface area contributed by atoms with Crippen LogP contribution < -0.4 is 0 Å². The normalized spacial score (nSPS) is 27.7. The van der Waals surface area contributed by atoms with Crippen molar-refractivity contribution in [3.05, 3.63) is 0 Å². The van der Waals surface area contributed by atoms with Gasteiger partial charge in [0.25, 0.3) is 0 Å². The Bertz CT molecular complexity index is 231. The SMILES string of the molecule is CCC[C@H](CC)N1CCC2(CCN(C)C2)CC1. The molecule has 0 aromatic carbocycles. The third-order valence-electron chi connectivity index (χ3n) is 5.10. The molecule has 2 aliphatic rings. The molecule has 2 saturated heterocycles. The zero-order valence-electron chi connectivity index (χ0n) is 12.0. The molecule has 0 aromatic heterocycles. The highest BCUT2D eigenvalue weighted by Crippen LogP contribution is 2.40. The van der Waals surface area contributed by atoms with E-state index in [0.717, 1.165) is 6.04 Å². The van der Waals surface area contributed by atoms with E-state index < -0.39 is 0 Å². The summed E-state index contributed by atoms with van der Waals surface area (Å²) < 4.78 is 0. The number of hydrogen-bond donors (Lipinski definition) is 0. The Morgan fingerprint density at radius 2 is 1.71 bits per heavy atom. The van der Waals surface area contributed by atoms with E-state index in [1.807, 2.05) is 0 Å². The molecule has 2 nitrogen and oxygen atoms in total. The predicted octanol–water partition coefficient (Wildman–Crippen LogP) is 2.98. The van der Waals surface area contributed by atoms with Crippen molar-refractivity contribution in [1.82, 2.24) is 9.80 Å². The standard InChI is InChI=1S/C15H30N2/c1-4-6-14(5-2)17-11-8-15(9-12-17)7-10-16(3)13-15/h14H,4-13H2,1-3H3/t14-/m0/s1. The van der Waals surface area contributed by atoms with Crippen molar-refractivity contribution < 1.29 is 0 Å². The maximum absolute atomic E-state index is 2.77. The molecule has 1 atom stereocenters. The fourth-order valence-electron chi connectivity index (χ4n) is 3.91. The maximum atomic E-state index is 2.77. The zero-order chi connectivity index (χ0) is 12.3. The van der Waals surface area contributed by atoms with Crippen LogP contribution in [0.1, 0.15) is 52.4 Å². The van der Waals surface area contributed by atoms with E-state index in [1.54, 1.807) is 0 Å². The minimum absolute atomic E-state index is 0.690. The van der Waals surface area contributed by atoms with Crippen LogP contribution in [0.2, 0.25) is 0 Å². The van der Waals surface area contributed by atoms with E-state index >= 15 is 0 Å². The highest BCUT2D eigenvalue weighted by Gasteiger charge is 2.39. The summed E-state index contributed by atoms with van der Waals surface area (Å²) in [4.78, 5) is 5.30. The maximum Gasteiger partial charge on any atom is 0.00925 e. The Labute approximate surface area is 107 Å². The molecule has 2 fully saturated rings. The monoisotopic (exact) mass is 238 g/mol. The molecular weight excluding hydrogens is 208 g/mol. The molecule has 0 aliphatic carbocycles. The number of nitrogens with zero attached hydrogens (tertiary/aromatic N) is 2. The van der Waals surface area contributed by atoms with Gasteiger partial charge in [0.05, 0.1) is 0 Å². The number of likely N-dealkylation sites (tertiary alicyclic amines) is 2. The third kappa shape index (κ3) is 3.03. The number of hydrogen-bond acceptors (Lipinski definition) is 2.